The highest BCUT2D eigenvalue weighted by molar-refractivity contribution is 5.88. The topological polar surface area (TPSA) is 116 Å². The Bertz CT molecular complexity index is 722. The molecule has 2 saturated heterocycles. The molecule has 2 rings (SSSR count). The molecular formula is C23H37N3O6. The van der Waals surface area contributed by atoms with Gasteiger partial charge >= 0.3 is 12.1 Å². The number of allylic oxidation sites excluding steroid dienone is 1. The van der Waals surface area contributed by atoms with Crippen molar-refractivity contribution in [3.63, 3.8) is 0 Å². The van der Waals surface area contributed by atoms with E-state index in [1.54, 1.807) is 22.8 Å². The van der Waals surface area contributed by atoms with Gasteiger partial charge in [-0.25, -0.2) is 4.79 Å². The van der Waals surface area contributed by atoms with E-state index in [0.717, 1.165) is 19.3 Å². The van der Waals surface area contributed by atoms with Crippen LogP contribution in [0.4, 0.5) is 4.79 Å². The molecule has 0 saturated carbocycles. The van der Waals surface area contributed by atoms with Crippen LogP contribution in [-0.4, -0.2) is 76.6 Å². The lowest BCUT2D eigenvalue weighted by molar-refractivity contribution is -0.137. The van der Waals surface area contributed by atoms with Gasteiger partial charge in [0.1, 0.15) is 5.60 Å². The van der Waals surface area contributed by atoms with Crippen molar-refractivity contribution in [1.82, 2.24) is 15.1 Å². The molecule has 0 bridgehead atoms. The predicted molar refractivity (Wildman–Crippen MR) is 119 cm³/mol. The average Bonchev–Trinajstić information content (AvgIpc) is 2.70. The fraction of sp³-hybridized carbons (Fsp3) is 0.739. The Balaban J connectivity index is 1.79. The van der Waals surface area contributed by atoms with Gasteiger partial charge in [-0.3, -0.25) is 14.4 Å². The first-order valence-electron chi connectivity index (χ1n) is 11.4. The number of aliphatic carboxylic acids is 1. The lowest BCUT2D eigenvalue weighted by Crippen LogP contribution is -2.47. The summed E-state index contributed by atoms with van der Waals surface area (Å²) in [5, 5.41) is 11.6. The summed E-state index contributed by atoms with van der Waals surface area (Å²) in [7, 11) is 0. The Kier molecular flexibility index (Phi) is 9.09. The van der Waals surface area contributed by atoms with Gasteiger partial charge in [-0.05, 0) is 65.4 Å². The second kappa shape index (κ2) is 11.3. The number of amides is 3. The van der Waals surface area contributed by atoms with Crippen molar-refractivity contribution in [2.24, 2.45) is 11.8 Å². The first-order valence-corrected chi connectivity index (χ1v) is 11.4. The molecule has 2 N–H and O–H groups in total. The molecule has 2 fully saturated rings. The van der Waals surface area contributed by atoms with Gasteiger partial charge < -0.3 is 25.0 Å². The number of likely N-dealkylation sites (tertiary alicyclic amines) is 2. The van der Waals surface area contributed by atoms with E-state index in [1.807, 2.05) is 26.8 Å². The van der Waals surface area contributed by atoms with Crippen molar-refractivity contribution in [3.8, 4) is 0 Å². The summed E-state index contributed by atoms with van der Waals surface area (Å²) in [4.78, 5) is 51.4. The van der Waals surface area contributed by atoms with Gasteiger partial charge in [-0.1, -0.05) is 6.08 Å². The molecule has 2 heterocycles. The largest absolute Gasteiger partial charge is 0.481 e. The van der Waals surface area contributed by atoms with Crippen LogP contribution in [0.3, 0.4) is 0 Å². The van der Waals surface area contributed by atoms with Crippen LogP contribution in [0.2, 0.25) is 0 Å². The number of ether oxygens (including phenoxy) is 1. The summed E-state index contributed by atoms with van der Waals surface area (Å²) >= 11 is 0. The molecule has 9 nitrogen and oxygen atoms in total. The van der Waals surface area contributed by atoms with E-state index in [4.69, 9.17) is 9.84 Å². The summed E-state index contributed by atoms with van der Waals surface area (Å²) in [6, 6.07) is -0.447. The molecule has 2 aliphatic rings. The lowest BCUT2D eigenvalue weighted by atomic mass is 9.95. The second-order valence-electron chi connectivity index (χ2n) is 9.79. The minimum atomic E-state index is -0.958. The van der Waals surface area contributed by atoms with Crippen molar-refractivity contribution >= 4 is 23.9 Å². The van der Waals surface area contributed by atoms with E-state index in [-0.39, 0.29) is 36.2 Å². The number of carbonyl (C=O) groups is 4. The number of rotatable bonds is 6. The SMILES string of the molecule is CC(CC(=O)O)NC(=O)[C@@H]1CCCN(C(=O)/C=C/C2CCN(C(=O)OC(C)(C)C)CC2)C1. The van der Waals surface area contributed by atoms with Crippen LogP contribution in [0.5, 0.6) is 0 Å². The number of nitrogens with one attached hydrogen (secondary N) is 1. The zero-order valence-electron chi connectivity index (χ0n) is 19.6. The van der Waals surface area contributed by atoms with Crippen LogP contribution in [0, 0.1) is 11.8 Å². The standard InChI is InChI=1S/C23H37N3O6/c1-16(14-20(28)29)24-21(30)18-6-5-11-26(15-18)19(27)8-7-17-9-12-25(13-10-17)22(31)32-23(2,3)4/h7-8,16-18H,5-6,9-15H2,1-4H3,(H,24,30)(H,28,29)/b8-7+/t16?,18-/m1/s1. The highest BCUT2D eigenvalue weighted by atomic mass is 16.6. The summed E-state index contributed by atoms with van der Waals surface area (Å²) in [5.41, 5.74) is -0.516. The first-order chi connectivity index (χ1) is 14.9. The Morgan fingerprint density at radius 2 is 1.75 bits per heavy atom. The molecule has 0 radical (unpaired) electrons. The molecule has 0 aromatic rings. The molecule has 0 spiro atoms. The summed E-state index contributed by atoms with van der Waals surface area (Å²) in [6.07, 6.45) is 6.03. The molecule has 32 heavy (non-hydrogen) atoms. The van der Waals surface area contributed by atoms with Crippen molar-refractivity contribution in [3.05, 3.63) is 12.2 Å². The molecule has 0 aliphatic carbocycles. The monoisotopic (exact) mass is 451 g/mol. The number of carbonyl (C=O) groups excluding carboxylic acids is 3. The average molecular weight is 452 g/mol. The first kappa shape index (κ1) is 25.7. The van der Waals surface area contributed by atoms with Crippen LogP contribution in [0.25, 0.3) is 0 Å². The van der Waals surface area contributed by atoms with Crippen molar-refractivity contribution in [2.75, 3.05) is 26.2 Å². The van der Waals surface area contributed by atoms with Crippen molar-refractivity contribution in [1.29, 1.82) is 0 Å². The Hall–Kier alpha value is -2.58. The number of hydrogen-bond donors (Lipinski definition) is 2. The van der Waals surface area contributed by atoms with Crippen molar-refractivity contribution in [2.45, 2.75) is 71.4 Å². The van der Waals surface area contributed by atoms with Crippen LogP contribution in [0.15, 0.2) is 12.2 Å². The lowest BCUT2D eigenvalue weighted by Gasteiger charge is -2.33. The van der Waals surface area contributed by atoms with Crippen LogP contribution < -0.4 is 5.32 Å². The number of piperidine rings is 2. The third kappa shape index (κ3) is 8.51. The summed E-state index contributed by atoms with van der Waals surface area (Å²) < 4.78 is 5.41. The van der Waals surface area contributed by atoms with Crippen LogP contribution >= 0.6 is 0 Å². The van der Waals surface area contributed by atoms with Gasteiger partial charge in [0.25, 0.3) is 0 Å². The van der Waals surface area contributed by atoms with E-state index >= 15 is 0 Å². The highest BCUT2D eigenvalue weighted by Gasteiger charge is 2.29. The van der Waals surface area contributed by atoms with Gasteiger partial charge in [-0.15, -0.1) is 0 Å². The van der Waals surface area contributed by atoms with Crippen LogP contribution in [-0.2, 0) is 19.1 Å². The molecular weight excluding hydrogens is 414 g/mol. The third-order valence-corrected chi connectivity index (χ3v) is 5.68. The van der Waals surface area contributed by atoms with E-state index in [2.05, 4.69) is 5.32 Å². The fourth-order valence-electron chi connectivity index (χ4n) is 3.99. The Morgan fingerprint density at radius 3 is 2.34 bits per heavy atom. The normalized spacial score (nSPS) is 21.3. The Labute approximate surface area is 190 Å². The molecule has 2 aliphatic heterocycles. The smallest absolute Gasteiger partial charge is 0.410 e. The number of carboxylic acid groups (broad SMARTS) is 1. The van der Waals surface area contributed by atoms with Gasteiger partial charge in [-0.2, -0.15) is 0 Å². The Morgan fingerprint density at radius 1 is 1.09 bits per heavy atom. The maximum absolute atomic E-state index is 12.7. The van der Waals surface area contributed by atoms with E-state index < -0.39 is 17.6 Å². The van der Waals surface area contributed by atoms with E-state index in [9.17, 15) is 19.2 Å². The zero-order valence-corrected chi connectivity index (χ0v) is 19.6. The quantitative estimate of drug-likeness (QED) is 0.599. The molecule has 3 amide bonds. The molecule has 0 aromatic heterocycles. The number of nitrogens with zero attached hydrogens (tertiary/aromatic N) is 2. The fourth-order valence-corrected chi connectivity index (χ4v) is 3.99. The maximum atomic E-state index is 12.7. The molecule has 1 unspecified atom stereocenters. The summed E-state index contributed by atoms with van der Waals surface area (Å²) in [5.74, 6) is -1.38. The zero-order chi connectivity index (χ0) is 23.9. The predicted octanol–water partition coefficient (Wildman–Crippen LogP) is 2.41. The molecule has 2 atom stereocenters. The third-order valence-electron chi connectivity index (χ3n) is 5.68. The molecule has 0 aromatic carbocycles. The van der Waals surface area contributed by atoms with Crippen molar-refractivity contribution < 1.29 is 29.0 Å². The van der Waals surface area contributed by atoms with Gasteiger partial charge in [0.15, 0.2) is 0 Å². The minimum absolute atomic E-state index is 0.115. The highest BCUT2D eigenvalue weighted by Crippen LogP contribution is 2.22. The number of carboxylic acids is 1. The van der Waals surface area contributed by atoms with Gasteiger partial charge in [0.2, 0.25) is 11.8 Å². The van der Waals surface area contributed by atoms with E-state index in [1.165, 1.54) is 0 Å². The van der Waals surface area contributed by atoms with Crippen LogP contribution in [0.1, 0.15) is 59.8 Å². The van der Waals surface area contributed by atoms with E-state index in [0.29, 0.717) is 32.6 Å². The second-order valence-corrected chi connectivity index (χ2v) is 9.79. The van der Waals surface area contributed by atoms with Gasteiger partial charge in [0.05, 0.1) is 12.3 Å². The molecule has 9 heteroatoms. The maximum Gasteiger partial charge on any atom is 0.410 e. The minimum Gasteiger partial charge on any atom is -0.481 e. The summed E-state index contributed by atoms with van der Waals surface area (Å²) in [6.45, 7) is 9.33. The molecule has 180 valence electrons. The van der Waals surface area contributed by atoms with Gasteiger partial charge in [0, 0.05) is 32.2 Å². The number of hydrogen-bond acceptors (Lipinski definition) is 5.